The van der Waals surface area contributed by atoms with Gasteiger partial charge in [0.2, 0.25) is 0 Å². The molecular weight excluding hydrogens is 200 g/mol. The molecule has 0 aliphatic carbocycles. The smallest absolute Gasteiger partial charge is 0.142 e. The average molecular weight is 216 g/mol. The molecule has 0 amide bonds. The van der Waals surface area contributed by atoms with Gasteiger partial charge in [-0.2, -0.15) is 16.9 Å². The number of aliphatic hydroxyl groups excluding tert-OH is 1. The first-order valence-corrected chi connectivity index (χ1v) is 5.53. The second kappa shape index (κ2) is 5.23. The van der Waals surface area contributed by atoms with Crippen LogP contribution in [0.5, 0.6) is 0 Å². The van der Waals surface area contributed by atoms with E-state index in [2.05, 4.69) is 10.5 Å². The standard InChI is InChI=1S/C8H16N4OS/c1-6-7(5-14-4-3-13)8(10-9)12(2)11-6/h10,13H,3-5,9H2,1-2H3. The Balaban J connectivity index is 2.73. The van der Waals surface area contributed by atoms with E-state index in [0.717, 1.165) is 28.6 Å². The van der Waals surface area contributed by atoms with Crippen LogP contribution in [0.2, 0.25) is 0 Å². The number of nitrogens with zero attached hydrogens (tertiary/aromatic N) is 2. The molecule has 80 valence electrons. The number of anilines is 1. The summed E-state index contributed by atoms with van der Waals surface area (Å²) in [4.78, 5) is 0. The molecule has 0 aliphatic heterocycles. The first kappa shape index (κ1) is 11.4. The van der Waals surface area contributed by atoms with Gasteiger partial charge in [0.25, 0.3) is 0 Å². The van der Waals surface area contributed by atoms with Crippen LogP contribution in [0.1, 0.15) is 11.3 Å². The maximum Gasteiger partial charge on any atom is 0.142 e. The van der Waals surface area contributed by atoms with E-state index in [1.54, 1.807) is 16.4 Å². The number of nitrogen functional groups attached to an aromatic ring is 1. The largest absolute Gasteiger partial charge is 0.396 e. The molecule has 1 aromatic rings. The lowest BCUT2D eigenvalue weighted by Crippen LogP contribution is -2.12. The number of nitrogens with two attached hydrogens (primary N) is 1. The number of rotatable bonds is 5. The molecule has 0 bridgehead atoms. The number of aromatic nitrogens is 2. The fraction of sp³-hybridized carbons (Fsp3) is 0.625. The number of hydrogen-bond acceptors (Lipinski definition) is 5. The molecule has 0 atom stereocenters. The van der Waals surface area contributed by atoms with Gasteiger partial charge in [0.05, 0.1) is 12.3 Å². The van der Waals surface area contributed by atoms with Gasteiger partial charge in [0.1, 0.15) is 5.82 Å². The predicted molar refractivity (Wildman–Crippen MR) is 59.0 cm³/mol. The first-order valence-electron chi connectivity index (χ1n) is 4.38. The summed E-state index contributed by atoms with van der Waals surface area (Å²) in [6.45, 7) is 2.16. The highest BCUT2D eigenvalue weighted by Gasteiger charge is 2.11. The Morgan fingerprint density at radius 1 is 1.64 bits per heavy atom. The summed E-state index contributed by atoms with van der Waals surface area (Å²) in [7, 11) is 1.85. The minimum Gasteiger partial charge on any atom is -0.396 e. The molecule has 0 aliphatic rings. The number of aliphatic hydroxyl groups is 1. The molecule has 1 rings (SSSR count). The van der Waals surface area contributed by atoms with E-state index in [-0.39, 0.29) is 6.61 Å². The molecule has 0 radical (unpaired) electrons. The molecule has 0 aromatic carbocycles. The van der Waals surface area contributed by atoms with Gasteiger partial charge in [0.15, 0.2) is 0 Å². The van der Waals surface area contributed by atoms with Crippen molar-refractivity contribution >= 4 is 17.6 Å². The minimum atomic E-state index is 0.204. The van der Waals surface area contributed by atoms with Crippen LogP contribution >= 0.6 is 11.8 Å². The van der Waals surface area contributed by atoms with Crippen LogP contribution in [0.4, 0.5) is 5.82 Å². The van der Waals surface area contributed by atoms with Crippen molar-refractivity contribution in [2.24, 2.45) is 12.9 Å². The summed E-state index contributed by atoms with van der Waals surface area (Å²) in [5, 5.41) is 12.9. The van der Waals surface area contributed by atoms with Crippen LogP contribution in [-0.2, 0) is 12.8 Å². The van der Waals surface area contributed by atoms with E-state index in [0.29, 0.717) is 0 Å². The molecule has 0 unspecified atom stereocenters. The van der Waals surface area contributed by atoms with Gasteiger partial charge in [-0.25, -0.2) is 5.84 Å². The predicted octanol–water partition coefficient (Wildman–Crippen LogP) is 0.240. The van der Waals surface area contributed by atoms with Crippen LogP contribution in [0.25, 0.3) is 0 Å². The maximum absolute atomic E-state index is 8.66. The molecule has 0 fully saturated rings. The van der Waals surface area contributed by atoms with Crippen molar-refractivity contribution in [2.45, 2.75) is 12.7 Å². The molecule has 1 heterocycles. The summed E-state index contributed by atoms with van der Waals surface area (Å²) in [6, 6.07) is 0. The molecule has 6 heteroatoms. The fourth-order valence-electron chi connectivity index (χ4n) is 1.29. The Bertz CT molecular complexity index is 300. The normalized spacial score (nSPS) is 10.6. The molecule has 5 nitrogen and oxygen atoms in total. The summed E-state index contributed by atoms with van der Waals surface area (Å²) in [5.41, 5.74) is 4.72. The Kier molecular flexibility index (Phi) is 4.24. The third-order valence-electron chi connectivity index (χ3n) is 1.96. The minimum absolute atomic E-state index is 0.204. The number of thioether (sulfide) groups is 1. The van der Waals surface area contributed by atoms with Crippen molar-refractivity contribution in [2.75, 3.05) is 17.8 Å². The molecular formula is C8H16N4OS. The van der Waals surface area contributed by atoms with Crippen LogP contribution in [0.15, 0.2) is 0 Å². The van der Waals surface area contributed by atoms with Crippen molar-refractivity contribution in [1.82, 2.24) is 9.78 Å². The Labute approximate surface area is 87.6 Å². The molecule has 0 saturated carbocycles. The van der Waals surface area contributed by atoms with Gasteiger partial charge in [-0.15, -0.1) is 0 Å². The van der Waals surface area contributed by atoms with Gasteiger partial charge in [-0.05, 0) is 6.92 Å². The van der Waals surface area contributed by atoms with E-state index in [9.17, 15) is 0 Å². The summed E-state index contributed by atoms with van der Waals surface area (Å²) in [5.74, 6) is 7.79. The SMILES string of the molecule is Cc1nn(C)c(NN)c1CSCCO. The van der Waals surface area contributed by atoms with Crippen LogP contribution in [-0.4, -0.2) is 27.2 Å². The molecule has 0 spiro atoms. The van der Waals surface area contributed by atoms with Crippen molar-refractivity contribution in [1.29, 1.82) is 0 Å². The van der Waals surface area contributed by atoms with Gasteiger partial charge < -0.3 is 10.5 Å². The molecule has 1 aromatic heterocycles. The van der Waals surface area contributed by atoms with Crippen LogP contribution in [0, 0.1) is 6.92 Å². The van der Waals surface area contributed by atoms with Gasteiger partial charge in [-0.1, -0.05) is 0 Å². The number of hydrazine groups is 1. The fourth-order valence-corrected chi connectivity index (χ4v) is 2.12. The third-order valence-corrected chi connectivity index (χ3v) is 2.93. The molecule has 4 N–H and O–H groups in total. The highest BCUT2D eigenvalue weighted by Crippen LogP contribution is 2.22. The van der Waals surface area contributed by atoms with Crippen LogP contribution < -0.4 is 11.3 Å². The van der Waals surface area contributed by atoms with Crippen molar-refractivity contribution in [3.05, 3.63) is 11.3 Å². The average Bonchev–Trinajstić information content (AvgIpc) is 2.42. The van der Waals surface area contributed by atoms with E-state index >= 15 is 0 Å². The van der Waals surface area contributed by atoms with Crippen molar-refractivity contribution < 1.29 is 5.11 Å². The third kappa shape index (κ3) is 2.40. The van der Waals surface area contributed by atoms with E-state index in [1.807, 2.05) is 14.0 Å². The monoisotopic (exact) mass is 216 g/mol. The number of hydrogen-bond donors (Lipinski definition) is 3. The molecule has 14 heavy (non-hydrogen) atoms. The summed E-state index contributed by atoms with van der Waals surface area (Å²) in [6.07, 6.45) is 0. The second-order valence-electron chi connectivity index (χ2n) is 2.96. The quantitative estimate of drug-likeness (QED) is 0.373. The van der Waals surface area contributed by atoms with E-state index < -0.39 is 0 Å². The zero-order valence-corrected chi connectivity index (χ0v) is 9.27. The Morgan fingerprint density at radius 2 is 2.36 bits per heavy atom. The van der Waals surface area contributed by atoms with Crippen molar-refractivity contribution in [3.8, 4) is 0 Å². The Morgan fingerprint density at radius 3 is 2.93 bits per heavy atom. The lowest BCUT2D eigenvalue weighted by atomic mass is 10.3. The highest BCUT2D eigenvalue weighted by molar-refractivity contribution is 7.98. The van der Waals surface area contributed by atoms with Gasteiger partial charge in [-0.3, -0.25) is 4.68 Å². The van der Waals surface area contributed by atoms with Crippen molar-refractivity contribution in [3.63, 3.8) is 0 Å². The lowest BCUT2D eigenvalue weighted by molar-refractivity contribution is 0.322. The molecule has 0 saturated heterocycles. The zero-order chi connectivity index (χ0) is 10.6. The first-order chi connectivity index (χ1) is 6.70. The summed E-state index contributed by atoms with van der Waals surface area (Å²) < 4.78 is 1.73. The second-order valence-corrected chi connectivity index (χ2v) is 4.06. The highest BCUT2D eigenvalue weighted by atomic mass is 32.2. The van der Waals surface area contributed by atoms with Gasteiger partial charge in [0, 0.05) is 24.1 Å². The number of nitrogens with one attached hydrogen (secondary N) is 1. The Hall–Kier alpha value is -0.720. The van der Waals surface area contributed by atoms with Crippen LogP contribution in [0.3, 0.4) is 0 Å². The summed E-state index contributed by atoms with van der Waals surface area (Å²) >= 11 is 1.66. The van der Waals surface area contributed by atoms with E-state index in [4.69, 9.17) is 10.9 Å². The van der Waals surface area contributed by atoms with E-state index in [1.165, 1.54) is 0 Å². The number of aryl methyl sites for hydroxylation is 2. The topological polar surface area (TPSA) is 76.1 Å². The zero-order valence-electron chi connectivity index (χ0n) is 8.45. The van der Waals surface area contributed by atoms with Gasteiger partial charge >= 0.3 is 0 Å². The lowest BCUT2D eigenvalue weighted by Gasteiger charge is -2.04. The maximum atomic E-state index is 8.66.